The number of nitrogens with zero attached hydrogens (tertiary/aromatic N) is 4. The number of benzene rings is 2. The lowest BCUT2D eigenvalue weighted by Gasteiger charge is -2.36. The van der Waals surface area contributed by atoms with Gasteiger partial charge in [-0.15, -0.1) is 0 Å². The Hall–Kier alpha value is -2.68. The predicted octanol–water partition coefficient (Wildman–Crippen LogP) is 3.64. The van der Waals surface area contributed by atoms with Crippen molar-refractivity contribution >= 4 is 46.4 Å². The van der Waals surface area contributed by atoms with Crippen molar-refractivity contribution in [1.29, 1.82) is 0 Å². The van der Waals surface area contributed by atoms with Gasteiger partial charge in [-0.1, -0.05) is 23.2 Å². The Bertz CT molecular complexity index is 1070. The number of piperazine rings is 1. The van der Waals surface area contributed by atoms with Crippen LogP contribution in [0, 0.1) is 10.1 Å². The van der Waals surface area contributed by atoms with Crippen LogP contribution in [0.5, 0.6) is 0 Å². The molecular weight excluding hydrogens is 455 g/mol. The van der Waals surface area contributed by atoms with Crippen LogP contribution in [-0.2, 0) is 11.2 Å². The second-order valence-electron chi connectivity index (χ2n) is 7.91. The van der Waals surface area contributed by atoms with Gasteiger partial charge >= 0.3 is 0 Å². The monoisotopic (exact) mass is 476 g/mol. The van der Waals surface area contributed by atoms with E-state index in [0.717, 1.165) is 24.1 Å². The summed E-state index contributed by atoms with van der Waals surface area (Å²) in [6.07, 6.45) is 1.48. The SMILES string of the molecule is O=C(c1ccc(Cl)cc1Cl)N1CCN(CC(=O)N2CCCc3cc([N+](=O)[O-])ccc32)CC1. The Morgan fingerprint density at radius 2 is 1.75 bits per heavy atom. The van der Waals surface area contributed by atoms with Crippen molar-refractivity contribution in [2.45, 2.75) is 12.8 Å². The molecule has 2 aliphatic rings. The van der Waals surface area contributed by atoms with E-state index in [4.69, 9.17) is 23.2 Å². The third-order valence-corrected chi connectivity index (χ3v) is 6.42. The lowest BCUT2D eigenvalue weighted by molar-refractivity contribution is -0.384. The first-order chi connectivity index (χ1) is 15.3. The van der Waals surface area contributed by atoms with Crippen LogP contribution in [0.2, 0.25) is 10.0 Å². The summed E-state index contributed by atoms with van der Waals surface area (Å²) in [4.78, 5) is 41.9. The number of halogens is 2. The predicted molar refractivity (Wildman–Crippen MR) is 123 cm³/mol. The van der Waals surface area contributed by atoms with Crippen molar-refractivity contribution in [2.24, 2.45) is 0 Å². The van der Waals surface area contributed by atoms with Crippen LogP contribution in [0.15, 0.2) is 36.4 Å². The molecule has 10 heteroatoms. The third kappa shape index (κ3) is 4.72. The second kappa shape index (κ2) is 9.44. The standard InChI is InChI=1S/C22H22Cl2N4O4/c23-16-3-5-18(19(24)13-16)22(30)26-10-8-25(9-11-26)14-21(29)27-7-1-2-15-12-17(28(31)32)4-6-20(15)27/h3-6,12-13H,1-2,7-11,14H2. The van der Waals surface area contributed by atoms with Gasteiger partial charge in [0.1, 0.15) is 0 Å². The van der Waals surface area contributed by atoms with Crippen molar-refractivity contribution in [1.82, 2.24) is 9.80 Å². The number of rotatable bonds is 4. The van der Waals surface area contributed by atoms with Gasteiger partial charge in [0.2, 0.25) is 5.91 Å². The van der Waals surface area contributed by atoms with E-state index in [2.05, 4.69) is 0 Å². The molecular formula is C22H22Cl2N4O4. The molecule has 0 unspecified atom stereocenters. The second-order valence-corrected chi connectivity index (χ2v) is 8.76. The first-order valence-electron chi connectivity index (χ1n) is 10.4. The van der Waals surface area contributed by atoms with E-state index in [-0.39, 0.29) is 24.0 Å². The zero-order chi connectivity index (χ0) is 22.8. The number of non-ortho nitro benzene ring substituents is 1. The molecule has 0 aliphatic carbocycles. The average molecular weight is 477 g/mol. The van der Waals surface area contributed by atoms with Gasteiger partial charge in [-0.3, -0.25) is 24.6 Å². The lowest BCUT2D eigenvalue weighted by Crippen LogP contribution is -2.52. The number of aryl methyl sites for hydroxylation is 1. The summed E-state index contributed by atoms with van der Waals surface area (Å²) in [7, 11) is 0. The highest BCUT2D eigenvalue weighted by Crippen LogP contribution is 2.30. The molecule has 4 rings (SSSR count). The normalized spacial score (nSPS) is 16.6. The van der Waals surface area contributed by atoms with Gasteiger partial charge < -0.3 is 9.80 Å². The minimum atomic E-state index is -0.418. The van der Waals surface area contributed by atoms with Crippen molar-refractivity contribution < 1.29 is 14.5 Å². The number of anilines is 1. The van der Waals surface area contributed by atoms with Gasteiger partial charge in [-0.25, -0.2) is 0 Å². The topological polar surface area (TPSA) is 87.0 Å². The first kappa shape index (κ1) is 22.5. The van der Waals surface area contributed by atoms with Crippen LogP contribution in [-0.4, -0.2) is 65.8 Å². The summed E-state index contributed by atoms with van der Waals surface area (Å²) in [5.41, 5.74) is 2.03. The lowest BCUT2D eigenvalue weighted by atomic mass is 10.0. The fraction of sp³-hybridized carbons (Fsp3) is 0.364. The van der Waals surface area contributed by atoms with E-state index in [9.17, 15) is 19.7 Å². The molecule has 0 bridgehead atoms. The summed E-state index contributed by atoms with van der Waals surface area (Å²) >= 11 is 12.1. The highest BCUT2D eigenvalue weighted by Gasteiger charge is 2.28. The number of amides is 2. The zero-order valence-electron chi connectivity index (χ0n) is 17.3. The molecule has 2 amide bonds. The third-order valence-electron chi connectivity index (χ3n) is 5.87. The molecule has 0 aromatic heterocycles. The van der Waals surface area contributed by atoms with Crippen molar-refractivity contribution in [3.05, 3.63) is 67.7 Å². The molecule has 2 aromatic rings. The van der Waals surface area contributed by atoms with Gasteiger partial charge in [0.05, 0.1) is 22.1 Å². The van der Waals surface area contributed by atoms with E-state index >= 15 is 0 Å². The quantitative estimate of drug-likeness (QED) is 0.496. The van der Waals surface area contributed by atoms with Gasteiger partial charge in [0.25, 0.3) is 11.6 Å². The molecule has 0 spiro atoms. The molecule has 0 atom stereocenters. The van der Waals surface area contributed by atoms with E-state index in [1.54, 1.807) is 40.1 Å². The Kier molecular flexibility index (Phi) is 6.64. The number of nitro groups is 1. The maximum Gasteiger partial charge on any atom is 0.269 e. The van der Waals surface area contributed by atoms with Crippen LogP contribution in [0.3, 0.4) is 0 Å². The Morgan fingerprint density at radius 1 is 1.00 bits per heavy atom. The van der Waals surface area contributed by atoms with Gasteiger partial charge in [0, 0.05) is 55.6 Å². The van der Waals surface area contributed by atoms with Crippen molar-refractivity contribution in [3.63, 3.8) is 0 Å². The van der Waals surface area contributed by atoms with Gasteiger partial charge in [-0.2, -0.15) is 0 Å². The van der Waals surface area contributed by atoms with Crippen LogP contribution >= 0.6 is 23.2 Å². The van der Waals surface area contributed by atoms with E-state index in [1.807, 2.05) is 4.90 Å². The van der Waals surface area contributed by atoms with Gasteiger partial charge in [-0.05, 0) is 42.7 Å². The average Bonchev–Trinajstić information content (AvgIpc) is 2.78. The minimum absolute atomic E-state index is 0.0413. The molecule has 0 N–H and O–H groups in total. The summed E-state index contributed by atoms with van der Waals surface area (Å²) in [6.45, 7) is 2.96. The number of carbonyl (C=O) groups is 2. The van der Waals surface area contributed by atoms with E-state index in [1.165, 1.54) is 6.07 Å². The maximum absolute atomic E-state index is 13.0. The molecule has 32 heavy (non-hydrogen) atoms. The maximum atomic E-state index is 13.0. The molecule has 1 fully saturated rings. The van der Waals surface area contributed by atoms with Crippen LogP contribution in [0.1, 0.15) is 22.3 Å². The fourth-order valence-corrected chi connectivity index (χ4v) is 4.66. The highest BCUT2D eigenvalue weighted by atomic mass is 35.5. The molecule has 2 heterocycles. The summed E-state index contributed by atoms with van der Waals surface area (Å²) < 4.78 is 0. The summed E-state index contributed by atoms with van der Waals surface area (Å²) in [5.74, 6) is -0.190. The van der Waals surface area contributed by atoms with Crippen molar-refractivity contribution in [2.75, 3.05) is 44.2 Å². The Morgan fingerprint density at radius 3 is 2.44 bits per heavy atom. The molecule has 1 saturated heterocycles. The van der Waals surface area contributed by atoms with Crippen LogP contribution in [0.4, 0.5) is 11.4 Å². The molecule has 0 radical (unpaired) electrons. The molecule has 2 aliphatic heterocycles. The number of hydrogen-bond acceptors (Lipinski definition) is 5. The highest BCUT2D eigenvalue weighted by molar-refractivity contribution is 6.36. The van der Waals surface area contributed by atoms with Crippen molar-refractivity contribution in [3.8, 4) is 0 Å². The first-order valence-corrected chi connectivity index (χ1v) is 11.1. The molecule has 0 saturated carbocycles. The van der Waals surface area contributed by atoms with E-state index in [0.29, 0.717) is 48.3 Å². The minimum Gasteiger partial charge on any atom is -0.336 e. The van der Waals surface area contributed by atoms with Crippen LogP contribution < -0.4 is 4.90 Å². The number of fused-ring (bicyclic) bond motifs is 1. The molecule has 8 nitrogen and oxygen atoms in total. The number of hydrogen-bond donors (Lipinski definition) is 0. The van der Waals surface area contributed by atoms with Gasteiger partial charge in [0.15, 0.2) is 0 Å². The summed E-state index contributed by atoms with van der Waals surface area (Å²) in [5, 5.41) is 11.8. The number of nitro benzene ring substituents is 1. The smallest absolute Gasteiger partial charge is 0.269 e. The zero-order valence-corrected chi connectivity index (χ0v) is 18.8. The van der Waals surface area contributed by atoms with Crippen LogP contribution in [0.25, 0.3) is 0 Å². The fourth-order valence-electron chi connectivity index (χ4n) is 4.18. The molecule has 2 aromatic carbocycles. The Labute approximate surface area is 195 Å². The largest absolute Gasteiger partial charge is 0.336 e. The van der Waals surface area contributed by atoms with E-state index < -0.39 is 4.92 Å². The summed E-state index contributed by atoms with van der Waals surface area (Å²) in [6, 6.07) is 9.48. The Balaban J connectivity index is 1.36. The molecule has 168 valence electrons. The number of carbonyl (C=O) groups excluding carboxylic acids is 2.